The lowest BCUT2D eigenvalue weighted by Gasteiger charge is -2.24. The summed E-state index contributed by atoms with van der Waals surface area (Å²) in [6.45, 7) is 4.37. The Morgan fingerprint density at radius 3 is 2.57 bits per heavy atom. The van der Waals surface area contributed by atoms with E-state index in [1.165, 1.54) is 5.56 Å². The van der Waals surface area contributed by atoms with Crippen LogP contribution in [-0.4, -0.2) is 17.7 Å². The van der Waals surface area contributed by atoms with E-state index in [4.69, 9.17) is 0 Å². The van der Waals surface area contributed by atoms with Crippen molar-refractivity contribution < 1.29 is 9.90 Å². The van der Waals surface area contributed by atoms with E-state index >= 15 is 0 Å². The summed E-state index contributed by atoms with van der Waals surface area (Å²) in [5.74, 6) is 0. The molecule has 0 fully saturated rings. The first kappa shape index (κ1) is 15.5. The number of benzene rings is 1. The molecule has 1 aromatic carbocycles. The highest BCUT2D eigenvalue weighted by molar-refractivity contribution is 7.10. The van der Waals surface area contributed by atoms with Crippen LogP contribution < -0.4 is 10.6 Å². The average molecular weight is 304 g/mol. The number of hydrogen-bond donors (Lipinski definition) is 3. The fourth-order valence-corrected chi connectivity index (χ4v) is 2.81. The Labute approximate surface area is 128 Å². The van der Waals surface area contributed by atoms with Crippen LogP contribution >= 0.6 is 11.3 Å². The summed E-state index contributed by atoms with van der Waals surface area (Å²) in [6, 6.07) is 11.1. The van der Waals surface area contributed by atoms with E-state index in [0.717, 1.165) is 10.4 Å². The molecule has 2 rings (SSSR count). The highest BCUT2D eigenvalue weighted by Gasteiger charge is 2.23. The number of thiophene rings is 1. The Morgan fingerprint density at radius 1 is 1.24 bits per heavy atom. The van der Waals surface area contributed by atoms with Gasteiger partial charge in [0, 0.05) is 4.88 Å². The van der Waals surface area contributed by atoms with Crippen molar-refractivity contribution in [2.24, 2.45) is 0 Å². The molecule has 0 aliphatic heterocycles. The summed E-state index contributed by atoms with van der Waals surface area (Å²) in [6.07, 6.45) is 0. The van der Waals surface area contributed by atoms with Gasteiger partial charge in [-0.2, -0.15) is 0 Å². The lowest BCUT2D eigenvalue weighted by Crippen LogP contribution is -2.43. The van der Waals surface area contributed by atoms with Crippen molar-refractivity contribution in [3.05, 3.63) is 57.8 Å². The maximum Gasteiger partial charge on any atom is 0.315 e. The zero-order chi connectivity index (χ0) is 15.3. The molecule has 1 aromatic heterocycles. The molecule has 0 spiro atoms. The molecule has 1 atom stereocenters. The Hall–Kier alpha value is -1.85. The second kappa shape index (κ2) is 6.74. The van der Waals surface area contributed by atoms with Crippen LogP contribution in [0.3, 0.4) is 0 Å². The summed E-state index contributed by atoms with van der Waals surface area (Å²) in [5, 5.41) is 17.9. The largest absolute Gasteiger partial charge is 0.384 e. The number of carbonyl (C=O) groups is 1. The number of nitrogens with one attached hydrogen (secondary N) is 2. The molecule has 0 bridgehead atoms. The lowest BCUT2D eigenvalue weighted by molar-refractivity contribution is 0.0594. The normalized spacial score (nSPS) is 13.5. The van der Waals surface area contributed by atoms with E-state index in [0.29, 0.717) is 6.54 Å². The van der Waals surface area contributed by atoms with Gasteiger partial charge in [0.25, 0.3) is 0 Å². The van der Waals surface area contributed by atoms with Gasteiger partial charge in [-0.3, -0.25) is 0 Å². The second-order valence-corrected chi connectivity index (χ2v) is 6.20. The molecular weight excluding hydrogens is 284 g/mol. The predicted octanol–water partition coefficient (Wildman–Crippen LogP) is 2.76. The molecule has 0 aliphatic carbocycles. The van der Waals surface area contributed by atoms with Gasteiger partial charge in [-0.25, -0.2) is 4.79 Å². The standard InChI is InChI=1S/C16H20N2O2S/c1-12-8-9-21-14(12)10-17-15(19)18-11-16(2,20)13-6-4-3-5-7-13/h3-9,20H,10-11H2,1-2H3,(H2,17,18,19)/t16-/m0/s1. The molecule has 0 radical (unpaired) electrons. The molecule has 2 aromatic rings. The van der Waals surface area contributed by atoms with Gasteiger partial charge < -0.3 is 15.7 Å². The van der Waals surface area contributed by atoms with Crippen molar-refractivity contribution in [3.8, 4) is 0 Å². The first-order chi connectivity index (χ1) is 9.99. The molecule has 2 amide bonds. The fraction of sp³-hybridized carbons (Fsp3) is 0.312. The molecule has 0 aliphatic rings. The summed E-state index contributed by atoms with van der Waals surface area (Å²) < 4.78 is 0. The van der Waals surface area contributed by atoms with Crippen molar-refractivity contribution in [3.63, 3.8) is 0 Å². The first-order valence-corrected chi connectivity index (χ1v) is 7.69. The summed E-state index contributed by atoms with van der Waals surface area (Å²) >= 11 is 1.62. The highest BCUT2D eigenvalue weighted by Crippen LogP contribution is 2.19. The second-order valence-electron chi connectivity index (χ2n) is 5.20. The van der Waals surface area contributed by atoms with Gasteiger partial charge in [0.05, 0.1) is 13.1 Å². The third-order valence-electron chi connectivity index (χ3n) is 3.37. The maximum atomic E-state index is 11.8. The van der Waals surface area contributed by atoms with Gasteiger partial charge >= 0.3 is 6.03 Å². The van der Waals surface area contributed by atoms with Crippen molar-refractivity contribution in [2.75, 3.05) is 6.54 Å². The minimum Gasteiger partial charge on any atom is -0.384 e. The zero-order valence-corrected chi connectivity index (χ0v) is 13.0. The number of carbonyl (C=O) groups excluding carboxylic acids is 1. The Morgan fingerprint density at radius 2 is 1.95 bits per heavy atom. The third kappa shape index (κ3) is 4.31. The fourth-order valence-electron chi connectivity index (χ4n) is 1.96. The molecule has 4 nitrogen and oxygen atoms in total. The van der Waals surface area contributed by atoms with Gasteiger partial charge in [0.1, 0.15) is 5.60 Å². The van der Waals surface area contributed by atoms with Crippen LogP contribution in [0.5, 0.6) is 0 Å². The molecule has 0 saturated carbocycles. The van der Waals surface area contributed by atoms with Crippen LogP contribution in [0, 0.1) is 6.92 Å². The van der Waals surface area contributed by atoms with Crippen LogP contribution in [-0.2, 0) is 12.1 Å². The molecule has 1 heterocycles. The van der Waals surface area contributed by atoms with E-state index in [2.05, 4.69) is 10.6 Å². The van der Waals surface area contributed by atoms with Gasteiger partial charge in [-0.1, -0.05) is 30.3 Å². The minimum atomic E-state index is -1.09. The topological polar surface area (TPSA) is 61.4 Å². The molecule has 0 unspecified atom stereocenters. The number of amides is 2. The predicted molar refractivity (Wildman–Crippen MR) is 85.3 cm³/mol. The number of urea groups is 1. The Bertz CT molecular complexity index is 593. The molecule has 21 heavy (non-hydrogen) atoms. The molecular formula is C16H20N2O2S. The summed E-state index contributed by atoms with van der Waals surface area (Å²) in [7, 11) is 0. The summed E-state index contributed by atoms with van der Waals surface area (Å²) in [4.78, 5) is 12.9. The van der Waals surface area contributed by atoms with Crippen molar-refractivity contribution in [1.82, 2.24) is 10.6 Å². The van der Waals surface area contributed by atoms with Gasteiger partial charge in [0.15, 0.2) is 0 Å². The van der Waals surface area contributed by atoms with Crippen molar-refractivity contribution in [2.45, 2.75) is 26.0 Å². The summed E-state index contributed by atoms with van der Waals surface area (Å²) in [5.41, 5.74) is 0.869. The van der Waals surface area contributed by atoms with Crippen molar-refractivity contribution in [1.29, 1.82) is 0 Å². The van der Waals surface area contributed by atoms with Gasteiger partial charge in [0.2, 0.25) is 0 Å². The average Bonchev–Trinajstić information content (AvgIpc) is 2.89. The van der Waals surface area contributed by atoms with Crippen molar-refractivity contribution >= 4 is 17.4 Å². The van der Waals surface area contributed by atoms with Crippen LogP contribution in [0.2, 0.25) is 0 Å². The van der Waals surface area contributed by atoms with E-state index in [-0.39, 0.29) is 12.6 Å². The van der Waals surface area contributed by atoms with Crippen LogP contribution in [0.4, 0.5) is 4.79 Å². The van der Waals surface area contributed by atoms with Crippen LogP contribution in [0.1, 0.15) is 22.9 Å². The number of hydrogen-bond acceptors (Lipinski definition) is 3. The molecule has 3 N–H and O–H groups in total. The van der Waals surface area contributed by atoms with Crippen LogP contribution in [0.15, 0.2) is 41.8 Å². The maximum absolute atomic E-state index is 11.8. The lowest BCUT2D eigenvalue weighted by atomic mass is 9.96. The van der Waals surface area contributed by atoms with E-state index in [1.807, 2.05) is 48.7 Å². The first-order valence-electron chi connectivity index (χ1n) is 6.81. The number of aryl methyl sites for hydroxylation is 1. The quantitative estimate of drug-likeness (QED) is 0.795. The number of aliphatic hydroxyl groups is 1. The highest BCUT2D eigenvalue weighted by atomic mass is 32.1. The Balaban J connectivity index is 1.82. The number of rotatable bonds is 5. The minimum absolute atomic E-state index is 0.159. The van der Waals surface area contributed by atoms with E-state index in [9.17, 15) is 9.90 Å². The SMILES string of the molecule is Cc1ccsc1CNC(=O)NC[C@](C)(O)c1ccccc1. The van der Waals surface area contributed by atoms with E-state index < -0.39 is 5.60 Å². The third-order valence-corrected chi connectivity index (χ3v) is 4.39. The smallest absolute Gasteiger partial charge is 0.315 e. The molecule has 112 valence electrons. The van der Waals surface area contributed by atoms with Gasteiger partial charge in [-0.15, -0.1) is 11.3 Å². The monoisotopic (exact) mass is 304 g/mol. The van der Waals surface area contributed by atoms with Crippen LogP contribution in [0.25, 0.3) is 0 Å². The molecule has 0 saturated heterocycles. The Kier molecular flexibility index (Phi) is 4.98. The van der Waals surface area contributed by atoms with E-state index in [1.54, 1.807) is 18.3 Å². The zero-order valence-electron chi connectivity index (χ0n) is 12.2. The molecule has 5 heteroatoms. The van der Waals surface area contributed by atoms with Gasteiger partial charge in [-0.05, 0) is 36.4 Å².